The Kier molecular flexibility index (Phi) is 3.99. The summed E-state index contributed by atoms with van der Waals surface area (Å²) in [5.41, 5.74) is 0.712. The van der Waals surface area contributed by atoms with Crippen molar-refractivity contribution in [2.45, 2.75) is 6.42 Å². The Labute approximate surface area is 82.6 Å². The van der Waals surface area contributed by atoms with Gasteiger partial charge in [0.15, 0.2) is 0 Å². The number of hydrogen-bond donors (Lipinski definition) is 1. The third kappa shape index (κ3) is 3.17. The number of aromatic nitrogens is 1. The highest BCUT2D eigenvalue weighted by Gasteiger charge is 1.88. The van der Waals surface area contributed by atoms with Crippen molar-refractivity contribution in [2.24, 2.45) is 0 Å². The smallest absolute Gasteiger partial charge is 0.130 e. The van der Waals surface area contributed by atoms with Crippen LogP contribution in [0.5, 0.6) is 0 Å². The maximum Gasteiger partial charge on any atom is 0.130 e. The largest absolute Gasteiger partial charge is 0.228 e. The molecule has 0 unspecified atom stereocenters. The first-order chi connectivity index (χ1) is 5.83. The summed E-state index contributed by atoms with van der Waals surface area (Å²) in [6.45, 7) is 0. The Balaban J connectivity index is 2.71. The molecule has 0 bridgehead atoms. The van der Waals surface area contributed by atoms with Crippen LogP contribution < -0.4 is 0 Å². The maximum absolute atomic E-state index is 5.66. The summed E-state index contributed by atoms with van der Waals surface area (Å²) < 4.78 is 0. The number of thiol groups is 1. The second-order valence-electron chi connectivity index (χ2n) is 2.12. The normalized spacial score (nSPS) is 8.83. The van der Waals surface area contributed by atoms with Crippen LogP contribution in [0.4, 0.5) is 0 Å². The Bertz CT molecular complexity index is 314. The third-order valence-electron chi connectivity index (χ3n) is 1.17. The summed E-state index contributed by atoms with van der Waals surface area (Å²) in [6, 6.07) is 5.39. The van der Waals surface area contributed by atoms with Crippen LogP contribution in [0.3, 0.4) is 0 Å². The molecule has 0 N–H and O–H groups in total. The molecule has 3 heteroatoms. The molecule has 0 aromatic carbocycles. The van der Waals surface area contributed by atoms with E-state index in [9.17, 15) is 0 Å². The first kappa shape index (κ1) is 9.44. The number of pyridine rings is 1. The molecule has 0 atom stereocenters. The molecule has 1 heterocycles. The van der Waals surface area contributed by atoms with E-state index in [1.54, 1.807) is 6.07 Å². The molecule has 1 aromatic rings. The third-order valence-corrected chi connectivity index (χ3v) is 1.60. The number of nitrogens with zero attached hydrogens (tertiary/aromatic N) is 1. The molecular weight excluding hydrogens is 190 g/mol. The fraction of sp³-hybridized carbons (Fsp3) is 0.222. The van der Waals surface area contributed by atoms with Crippen molar-refractivity contribution < 1.29 is 0 Å². The van der Waals surface area contributed by atoms with Crippen molar-refractivity contribution in [3.63, 3.8) is 0 Å². The van der Waals surface area contributed by atoms with E-state index in [1.807, 2.05) is 12.1 Å². The van der Waals surface area contributed by atoms with E-state index in [-0.39, 0.29) is 0 Å². The first-order valence-electron chi connectivity index (χ1n) is 3.55. The lowest BCUT2D eigenvalue weighted by molar-refractivity contribution is 1.27. The summed E-state index contributed by atoms with van der Waals surface area (Å²) in [5.74, 6) is 6.59. The van der Waals surface area contributed by atoms with E-state index in [0.29, 0.717) is 10.8 Å². The van der Waals surface area contributed by atoms with Gasteiger partial charge in [-0.15, -0.1) is 0 Å². The average molecular weight is 198 g/mol. The van der Waals surface area contributed by atoms with Crippen LogP contribution in [0, 0.1) is 11.8 Å². The topological polar surface area (TPSA) is 12.9 Å². The summed E-state index contributed by atoms with van der Waals surface area (Å²) >= 11 is 9.70. The molecule has 12 heavy (non-hydrogen) atoms. The standard InChI is InChI=1S/C9H8ClNS/c10-9-6-3-5-8(11-9)4-1-2-7-12/h3,5-6,12H,2,7H2. The van der Waals surface area contributed by atoms with E-state index in [2.05, 4.69) is 29.5 Å². The number of hydrogen-bond acceptors (Lipinski definition) is 2. The zero-order valence-electron chi connectivity index (χ0n) is 6.42. The van der Waals surface area contributed by atoms with E-state index < -0.39 is 0 Å². The van der Waals surface area contributed by atoms with Crippen molar-refractivity contribution in [2.75, 3.05) is 5.75 Å². The molecule has 0 saturated carbocycles. The monoisotopic (exact) mass is 197 g/mol. The van der Waals surface area contributed by atoms with Gasteiger partial charge in [0.1, 0.15) is 10.8 Å². The SMILES string of the molecule is SCCC#Cc1cccc(Cl)n1. The summed E-state index contributed by atoms with van der Waals surface area (Å²) in [5, 5.41) is 0.479. The van der Waals surface area contributed by atoms with Crippen molar-refractivity contribution >= 4 is 24.2 Å². The van der Waals surface area contributed by atoms with Gasteiger partial charge in [0.25, 0.3) is 0 Å². The second-order valence-corrected chi connectivity index (χ2v) is 2.96. The fourth-order valence-electron chi connectivity index (χ4n) is 0.687. The Morgan fingerprint density at radius 2 is 2.33 bits per heavy atom. The minimum absolute atomic E-state index is 0.479. The molecule has 0 aliphatic rings. The second kappa shape index (κ2) is 5.08. The molecule has 0 radical (unpaired) electrons. The van der Waals surface area contributed by atoms with Crippen molar-refractivity contribution in [1.82, 2.24) is 4.98 Å². The lowest BCUT2D eigenvalue weighted by Crippen LogP contribution is -1.81. The van der Waals surface area contributed by atoms with Gasteiger partial charge in [-0.1, -0.05) is 23.6 Å². The molecule has 1 rings (SSSR count). The van der Waals surface area contributed by atoms with Crippen LogP contribution >= 0.6 is 24.2 Å². The zero-order valence-corrected chi connectivity index (χ0v) is 8.07. The quantitative estimate of drug-likeness (QED) is 0.415. The van der Waals surface area contributed by atoms with Gasteiger partial charge in [-0.05, 0) is 18.1 Å². The molecule has 1 nitrogen and oxygen atoms in total. The highest BCUT2D eigenvalue weighted by atomic mass is 35.5. The summed E-state index contributed by atoms with van der Waals surface area (Å²) in [4.78, 5) is 4.01. The predicted molar refractivity (Wildman–Crippen MR) is 54.6 cm³/mol. The first-order valence-corrected chi connectivity index (χ1v) is 4.56. The van der Waals surface area contributed by atoms with Crippen LogP contribution in [0.25, 0.3) is 0 Å². The van der Waals surface area contributed by atoms with Crippen LogP contribution in [-0.4, -0.2) is 10.7 Å². The number of rotatable bonds is 1. The molecule has 1 aromatic heterocycles. The van der Waals surface area contributed by atoms with Crippen LogP contribution in [-0.2, 0) is 0 Å². The highest BCUT2D eigenvalue weighted by Crippen LogP contribution is 2.03. The van der Waals surface area contributed by atoms with Gasteiger partial charge in [-0.2, -0.15) is 12.6 Å². The van der Waals surface area contributed by atoms with Crippen molar-refractivity contribution in [3.8, 4) is 11.8 Å². The maximum atomic E-state index is 5.66. The van der Waals surface area contributed by atoms with E-state index in [1.165, 1.54) is 0 Å². The summed E-state index contributed by atoms with van der Waals surface area (Å²) in [6.07, 6.45) is 0.775. The Morgan fingerprint density at radius 1 is 1.50 bits per heavy atom. The molecule has 0 saturated heterocycles. The molecule has 0 aliphatic heterocycles. The van der Waals surface area contributed by atoms with Crippen LogP contribution in [0.1, 0.15) is 12.1 Å². The molecule has 0 aliphatic carbocycles. The highest BCUT2D eigenvalue weighted by molar-refractivity contribution is 7.80. The molecule has 0 amide bonds. The molecule has 62 valence electrons. The van der Waals surface area contributed by atoms with Gasteiger partial charge in [0, 0.05) is 12.2 Å². The van der Waals surface area contributed by atoms with Gasteiger partial charge in [-0.3, -0.25) is 0 Å². The lowest BCUT2D eigenvalue weighted by Gasteiger charge is -1.89. The van der Waals surface area contributed by atoms with Gasteiger partial charge < -0.3 is 0 Å². The fourth-order valence-corrected chi connectivity index (χ4v) is 0.962. The summed E-state index contributed by atoms with van der Waals surface area (Å²) in [7, 11) is 0. The predicted octanol–water partition coefficient (Wildman–Crippen LogP) is 2.41. The van der Waals surface area contributed by atoms with Crippen LogP contribution in [0.15, 0.2) is 18.2 Å². The van der Waals surface area contributed by atoms with Gasteiger partial charge in [-0.25, -0.2) is 4.98 Å². The van der Waals surface area contributed by atoms with Crippen molar-refractivity contribution in [3.05, 3.63) is 29.0 Å². The lowest BCUT2D eigenvalue weighted by atomic mass is 10.3. The van der Waals surface area contributed by atoms with E-state index in [4.69, 9.17) is 11.6 Å². The Morgan fingerprint density at radius 3 is 3.00 bits per heavy atom. The molecular formula is C9H8ClNS. The Hall–Kier alpha value is -0.650. The number of halogens is 1. The molecule has 0 spiro atoms. The van der Waals surface area contributed by atoms with Gasteiger partial charge in [0.2, 0.25) is 0 Å². The van der Waals surface area contributed by atoms with Crippen molar-refractivity contribution in [1.29, 1.82) is 0 Å². The van der Waals surface area contributed by atoms with Gasteiger partial charge in [0.05, 0.1) is 0 Å². The molecule has 0 fully saturated rings. The van der Waals surface area contributed by atoms with E-state index >= 15 is 0 Å². The minimum atomic E-state index is 0.479. The van der Waals surface area contributed by atoms with Crippen LogP contribution in [0.2, 0.25) is 5.15 Å². The minimum Gasteiger partial charge on any atom is -0.228 e. The van der Waals surface area contributed by atoms with Gasteiger partial charge >= 0.3 is 0 Å². The van der Waals surface area contributed by atoms with E-state index in [0.717, 1.165) is 12.2 Å². The zero-order chi connectivity index (χ0) is 8.81. The average Bonchev–Trinajstić information content (AvgIpc) is 2.05.